The van der Waals surface area contributed by atoms with Gasteiger partial charge < -0.3 is 18.9 Å². The number of carbonyl (C=O) groups is 1. The second-order valence-electron chi connectivity index (χ2n) is 4.27. The van der Waals surface area contributed by atoms with Gasteiger partial charge in [-0.2, -0.15) is 0 Å². The zero-order chi connectivity index (χ0) is 16.9. The molecule has 0 fully saturated rings. The summed E-state index contributed by atoms with van der Waals surface area (Å²) in [5.41, 5.74) is 0.845. The third-order valence-corrected chi connectivity index (χ3v) is 2.62. The van der Waals surface area contributed by atoms with Crippen LogP contribution in [0.2, 0.25) is 0 Å². The maximum atomic E-state index is 11.9. The highest BCUT2D eigenvalue weighted by atomic mass is 16.6. The highest BCUT2D eigenvalue weighted by Gasteiger charge is 2.10. The molecule has 1 aromatic heterocycles. The first kappa shape index (κ1) is 18.7. The van der Waals surface area contributed by atoms with Crippen molar-refractivity contribution in [2.24, 2.45) is 0 Å². The molecule has 0 aromatic carbocycles. The van der Waals surface area contributed by atoms with Crippen molar-refractivity contribution in [1.82, 2.24) is 4.98 Å². The van der Waals surface area contributed by atoms with Crippen LogP contribution in [0.1, 0.15) is 21.7 Å². The van der Waals surface area contributed by atoms with E-state index in [9.17, 15) is 4.79 Å². The van der Waals surface area contributed by atoms with E-state index in [1.807, 2.05) is 0 Å². The smallest absolute Gasteiger partial charge is 0.338 e. The van der Waals surface area contributed by atoms with Gasteiger partial charge in [-0.1, -0.05) is 11.8 Å². The molecule has 6 nitrogen and oxygen atoms in total. The van der Waals surface area contributed by atoms with Crippen molar-refractivity contribution in [3.8, 4) is 24.7 Å². The van der Waals surface area contributed by atoms with E-state index in [0.29, 0.717) is 26.4 Å². The fraction of sp³-hybridized carbons (Fsp3) is 0.412. The van der Waals surface area contributed by atoms with Gasteiger partial charge in [0.15, 0.2) is 0 Å². The van der Waals surface area contributed by atoms with Gasteiger partial charge in [-0.25, -0.2) is 9.78 Å². The average Bonchev–Trinajstić information content (AvgIpc) is 2.59. The van der Waals surface area contributed by atoms with Crippen molar-refractivity contribution in [2.45, 2.75) is 0 Å². The molecule has 122 valence electrons. The van der Waals surface area contributed by atoms with Gasteiger partial charge in [0.05, 0.1) is 38.6 Å². The van der Waals surface area contributed by atoms with Crippen molar-refractivity contribution in [3.63, 3.8) is 0 Å². The van der Waals surface area contributed by atoms with Crippen LogP contribution in [0, 0.1) is 24.7 Å². The zero-order valence-electron chi connectivity index (χ0n) is 13.0. The Kier molecular flexibility index (Phi) is 9.11. The van der Waals surface area contributed by atoms with E-state index in [1.165, 1.54) is 12.1 Å². The number of rotatable bonds is 10. The van der Waals surface area contributed by atoms with Crippen molar-refractivity contribution < 1.29 is 23.7 Å². The molecule has 0 atom stereocenters. The lowest BCUT2D eigenvalue weighted by atomic mass is 10.2. The molecule has 0 aliphatic heterocycles. The summed E-state index contributed by atoms with van der Waals surface area (Å²) in [7, 11) is 1.61. The number of aromatic nitrogens is 1. The molecule has 1 rings (SSSR count). The van der Waals surface area contributed by atoms with Gasteiger partial charge in [-0.05, 0) is 12.1 Å². The molecular weight excluding hydrogens is 298 g/mol. The summed E-state index contributed by atoms with van der Waals surface area (Å²) >= 11 is 0. The van der Waals surface area contributed by atoms with Crippen molar-refractivity contribution >= 4 is 5.97 Å². The highest BCUT2D eigenvalue weighted by Crippen LogP contribution is 2.07. The third-order valence-electron chi connectivity index (χ3n) is 2.62. The number of nitrogens with zero attached hydrogens (tertiary/aromatic N) is 1. The maximum absolute atomic E-state index is 11.9. The summed E-state index contributed by atoms with van der Waals surface area (Å²) in [6, 6.07) is 2.90. The minimum absolute atomic E-state index is 0.121. The van der Waals surface area contributed by atoms with E-state index in [2.05, 4.69) is 16.8 Å². The van der Waals surface area contributed by atoms with E-state index < -0.39 is 5.97 Å². The van der Waals surface area contributed by atoms with Crippen LogP contribution in [-0.4, -0.2) is 57.7 Å². The second kappa shape index (κ2) is 11.2. The molecular formula is C17H19NO5. The summed E-state index contributed by atoms with van der Waals surface area (Å²) in [4.78, 5) is 15.9. The number of methoxy groups -OCH3 is 1. The van der Waals surface area contributed by atoms with Crippen molar-refractivity contribution in [1.29, 1.82) is 0 Å². The summed E-state index contributed by atoms with van der Waals surface area (Å²) < 4.78 is 20.4. The summed E-state index contributed by atoms with van der Waals surface area (Å²) in [6.45, 7) is 2.33. The van der Waals surface area contributed by atoms with Crippen LogP contribution < -0.4 is 0 Å². The van der Waals surface area contributed by atoms with Crippen LogP contribution in [0.25, 0.3) is 0 Å². The summed E-state index contributed by atoms with van der Waals surface area (Å²) in [6.07, 6.45) is 10.5. The van der Waals surface area contributed by atoms with Gasteiger partial charge in [0.25, 0.3) is 0 Å². The number of hydrogen-bond donors (Lipinski definition) is 0. The SMILES string of the molecule is C#Cc1cc(C(=O)OCCOCCOCCOC)cc(C#C)n1. The number of esters is 1. The summed E-state index contributed by atoms with van der Waals surface area (Å²) in [5, 5.41) is 0. The predicted molar refractivity (Wildman–Crippen MR) is 83.9 cm³/mol. The molecule has 1 aromatic rings. The number of carbonyl (C=O) groups excluding carboxylic acids is 1. The molecule has 23 heavy (non-hydrogen) atoms. The molecule has 0 unspecified atom stereocenters. The quantitative estimate of drug-likeness (QED) is 0.363. The molecule has 0 N–H and O–H groups in total. The normalized spacial score (nSPS) is 9.87. The number of hydrogen-bond acceptors (Lipinski definition) is 6. The fourth-order valence-electron chi connectivity index (χ4n) is 1.54. The highest BCUT2D eigenvalue weighted by molar-refractivity contribution is 5.90. The first-order valence-corrected chi connectivity index (χ1v) is 6.98. The van der Waals surface area contributed by atoms with E-state index >= 15 is 0 Å². The van der Waals surface area contributed by atoms with Gasteiger partial charge in [0, 0.05) is 7.11 Å². The lowest BCUT2D eigenvalue weighted by molar-refractivity contribution is 0.00569. The molecule has 0 saturated heterocycles. The Morgan fingerprint density at radius 2 is 1.52 bits per heavy atom. The number of ether oxygens (including phenoxy) is 4. The average molecular weight is 317 g/mol. The van der Waals surface area contributed by atoms with Gasteiger partial charge >= 0.3 is 5.97 Å². The topological polar surface area (TPSA) is 66.9 Å². The van der Waals surface area contributed by atoms with Gasteiger partial charge in [0.2, 0.25) is 0 Å². The van der Waals surface area contributed by atoms with E-state index in [4.69, 9.17) is 31.8 Å². The minimum atomic E-state index is -0.527. The molecule has 0 spiro atoms. The predicted octanol–water partition coefficient (Wildman–Crippen LogP) is 0.881. The molecule has 0 saturated carbocycles. The van der Waals surface area contributed by atoms with Gasteiger partial charge in [-0.3, -0.25) is 0 Å². The largest absolute Gasteiger partial charge is 0.460 e. The van der Waals surface area contributed by atoms with Crippen LogP contribution in [0.3, 0.4) is 0 Å². The molecule has 0 radical (unpaired) electrons. The Bertz CT molecular complexity index is 553. The molecule has 0 aliphatic rings. The monoisotopic (exact) mass is 317 g/mol. The molecule has 6 heteroatoms. The second-order valence-corrected chi connectivity index (χ2v) is 4.27. The van der Waals surface area contributed by atoms with Gasteiger partial charge in [0.1, 0.15) is 18.0 Å². The van der Waals surface area contributed by atoms with E-state index in [-0.39, 0.29) is 30.2 Å². The van der Waals surface area contributed by atoms with Crippen LogP contribution >= 0.6 is 0 Å². The first-order valence-electron chi connectivity index (χ1n) is 6.98. The Balaban J connectivity index is 2.27. The van der Waals surface area contributed by atoms with E-state index in [1.54, 1.807) is 7.11 Å². The zero-order valence-corrected chi connectivity index (χ0v) is 13.0. The summed E-state index contributed by atoms with van der Waals surface area (Å²) in [5.74, 6) is 4.15. The van der Waals surface area contributed by atoms with Crippen LogP contribution in [0.4, 0.5) is 0 Å². The van der Waals surface area contributed by atoms with Crippen molar-refractivity contribution in [3.05, 3.63) is 29.1 Å². The maximum Gasteiger partial charge on any atom is 0.338 e. The molecule has 1 heterocycles. The van der Waals surface area contributed by atoms with Crippen molar-refractivity contribution in [2.75, 3.05) is 46.8 Å². The third kappa shape index (κ3) is 7.44. The Morgan fingerprint density at radius 1 is 1.00 bits per heavy atom. The first-order chi connectivity index (χ1) is 11.2. The van der Waals surface area contributed by atoms with Crippen LogP contribution in [-0.2, 0) is 18.9 Å². The standard InChI is InChI=1S/C17H19NO5/c1-4-15-12-14(13-16(5-2)18-15)17(19)23-11-10-22-9-8-21-7-6-20-3/h1-2,12-13H,6-11H2,3H3. The Labute approximate surface area is 136 Å². The molecule has 0 bridgehead atoms. The van der Waals surface area contributed by atoms with Gasteiger partial charge in [-0.15, -0.1) is 12.8 Å². The van der Waals surface area contributed by atoms with E-state index in [0.717, 1.165) is 0 Å². The van der Waals surface area contributed by atoms with Crippen LogP contribution in [0.5, 0.6) is 0 Å². The Morgan fingerprint density at radius 3 is 2.04 bits per heavy atom. The lowest BCUT2D eigenvalue weighted by Gasteiger charge is -2.07. The van der Waals surface area contributed by atoms with Crippen LogP contribution in [0.15, 0.2) is 12.1 Å². The minimum Gasteiger partial charge on any atom is -0.460 e. The Hall–Kier alpha value is -2.38. The molecule has 0 amide bonds. The number of pyridine rings is 1. The lowest BCUT2D eigenvalue weighted by Crippen LogP contribution is -2.14. The fourth-order valence-corrected chi connectivity index (χ4v) is 1.54. The number of terminal acetylenes is 2. The molecule has 0 aliphatic carbocycles.